The van der Waals surface area contributed by atoms with Crippen molar-refractivity contribution in [2.24, 2.45) is 0 Å². The van der Waals surface area contributed by atoms with Gasteiger partial charge in [-0.05, 0) is 13.1 Å². The van der Waals surface area contributed by atoms with E-state index in [9.17, 15) is 22.0 Å². The zero-order valence-corrected chi connectivity index (χ0v) is 10.1. The van der Waals surface area contributed by atoms with Crippen molar-refractivity contribution >= 4 is 15.8 Å². The first-order chi connectivity index (χ1) is 7.83. The van der Waals surface area contributed by atoms with Gasteiger partial charge in [0, 0.05) is 12.5 Å². The van der Waals surface area contributed by atoms with Crippen molar-refractivity contribution in [3.05, 3.63) is 29.3 Å². The van der Waals surface area contributed by atoms with Crippen LogP contribution in [0.5, 0.6) is 0 Å². The van der Waals surface area contributed by atoms with Gasteiger partial charge in [-0.2, -0.15) is 0 Å². The third-order valence-corrected chi connectivity index (χ3v) is 3.63. The summed E-state index contributed by atoms with van der Waals surface area (Å²) < 4.78 is 51.3. The summed E-state index contributed by atoms with van der Waals surface area (Å²) in [7, 11) is -2.96. The van der Waals surface area contributed by atoms with Gasteiger partial charge in [-0.15, -0.1) is 0 Å². The van der Waals surface area contributed by atoms with E-state index in [2.05, 4.69) is 0 Å². The van der Waals surface area contributed by atoms with Gasteiger partial charge in [-0.1, -0.05) is 6.92 Å². The molecule has 0 unspecified atom stereocenters. The lowest BCUT2D eigenvalue weighted by atomic mass is 10.1. The van der Waals surface area contributed by atoms with Crippen molar-refractivity contribution in [3.63, 3.8) is 0 Å². The molecule has 0 saturated carbocycles. The van der Waals surface area contributed by atoms with Gasteiger partial charge in [0.2, 0.25) is 10.0 Å². The van der Waals surface area contributed by atoms with Crippen molar-refractivity contribution in [2.45, 2.75) is 18.2 Å². The Labute approximate surface area is 97.7 Å². The molecule has 0 aliphatic heterocycles. The molecule has 0 spiro atoms. The summed E-state index contributed by atoms with van der Waals surface area (Å²) in [5, 5.41) is 0. The predicted octanol–water partition coefficient (Wildman–Crippen LogP) is 1.47. The largest absolute Gasteiger partial charge is 0.294 e. The van der Waals surface area contributed by atoms with Crippen molar-refractivity contribution < 1.29 is 22.0 Å². The Balaban J connectivity index is 3.50. The van der Waals surface area contributed by atoms with Gasteiger partial charge in [0.15, 0.2) is 5.78 Å². The monoisotopic (exact) mass is 263 g/mol. The Morgan fingerprint density at radius 2 is 1.88 bits per heavy atom. The van der Waals surface area contributed by atoms with E-state index in [-0.39, 0.29) is 6.42 Å². The highest BCUT2D eigenvalue weighted by Crippen LogP contribution is 2.20. The van der Waals surface area contributed by atoms with Crippen LogP contribution in [0.3, 0.4) is 0 Å². The van der Waals surface area contributed by atoms with E-state index in [0.717, 1.165) is 7.05 Å². The molecule has 0 heterocycles. The standard InChI is InChI=1S/C10H11F2NO3S/c1-3-9(14)6-4-10(17(15,16)13-2)8(12)5-7(6)11/h4-5,13H,3H2,1-2H3. The Kier molecular flexibility index (Phi) is 3.94. The van der Waals surface area contributed by atoms with Crippen LogP contribution in [0.25, 0.3) is 0 Å². The van der Waals surface area contributed by atoms with Crippen LogP contribution in [0.15, 0.2) is 17.0 Å². The highest BCUT2D eigenvalue weighted by atomic mass is 32.2. The van der Waals surface area contributed by atoms with Crippen LogP contribution < -0.4 is 4.72 Å². The molecule has 94 valence electrons. The first-order valence-electron chi connectivity index (χ1n) is 4.79. The van der Waals surface area contributed by atoms with Gasteiger partial charge < -0.3 is 0 Å². The molecule has 1 aromatic rings. The average molecular weight is 263 g/mol. The number of hydrogen-bond acceptors (Lipinski definition) is 3. The molecule has 0 amide bonds. The smallest absolute Gasteiger partial charge is 0.243 e. The van der Waals surface area contributed by atoms with Gasteiger partial charge in [0.05, 0.1) is 5.56 Å². The normalized spacial score (nSPS) is 11.5. The quantitative estimate of drug-likeness (QED) is 0.837. The Morgan fingerprint density at radius 3 is 2.35 bits per heavy atom. The SMILES string of the molecule is CCC(=O)c1cc(S(=O)(=O)NC)c(F)cc1F. The summed E-state index contributed by atoms with van der Waals surface area (Å²) in [5.41, 5.74) is -0.428. The van der Waals surface area contributed by atoms with Crippen molar-refractivity contribution in [3.8, 4) is 0 Å². The molecular weight excluding hydrogens is 252 g/mol. The van der Waals surface area contributed by atoms with E-state index in [1.807, 2.05) is 4.72 Å². The van der Waals surface area contributed by atoms with Gasteiger partial charge in [0.25, 0.3) is 0 Å². The Hall–Kier alpha value is -1.34. The molecule has 0 aliphatic rings. The number of sulfonamides is 1. The minimum Gasteiger partial charge on any atom is -0.294 e. The highest BCUT2D eigenvalue weighted by Gasteiger charge is 2.22. The number of carbonyl (C=O) groups is 1. The zero-order valence-electron chi connectivity index (χ0n) is 9.25. The maximum Gasteiger partial charge on any atom is 0.243 e. The molecule has 4 nitrogen and oxygen atoms in total. The van der Waals surface area contributed by atoms with Crippen LogP contribution in [-0.2, 0) is 10.0 Å². The minimum absolute atomic E-state index is 0.00158. The summed E-state index contributed by atoms with van der Waals surface area (Å²) in [6.45, 7) is 1.50. The molecule has 1 N–H and O–H groups in total. The van der Waals surface area contributed by atoms with Crippen LogP contribution in [0, 0.1) is 11.6 Å². The van der Waals surface area contributed by atoms with E-state index in [1.54, 1.807) is 0 Å². The second kappa shape index (κ2) is 4.89. The molecule has 0 bridgehead atoms. The number of halogens is 2. The molecule has 0 aromatic heterocycles. The van der Waals surface area contributed by atoms with E-state index in [1.165, 1.54) is 6.92 Å². The number of hydrogen-bond donors (Lipinski definition) is 1. The first kappa shape index (κ1) is 13.7. The first-order valence-corrected chi connectivity index (χ1v) is 6.27. The highest BCUT2D eigenvalue weighted by molar-refractivity contribution is 7.89. The van der Waals surface area contributed by atoms with Crippen molar-refractivity contribution in [1.82, 2.24) is 4.72 Å². The third-order valence-electron chi connectivity index (χ3n) is 2.20. The van der Waals surface area contributed by atoms with Crippen molar-refractivity contribution in [2.75, 3.05) is 7.05 Å². The summed E-state index contributed by atoms with van der Waals surface area (Å²) in [4.78, 5) is 10.6. The number of benzene rings is 1. The molecule has 0 aliphatic carbocycles. The third kappa shape index (κ3) is 2.67. The lowest BCUT2D eigenvalue weighted by Gasteiger charge is -2.07. The molecule has 1 rings (SSSR count). The Morgan fingerprint density at radius 1 is 1.29 bits per heavy atom. The number of ketones is 1. The van der Waals surface area contributed by atoms with Gasteiger partial charge in [-0.3, -0.25) is 4.79 Å². The molecule has 0 saturated heterocycles. The number of carbonyl (C=O) groups excluding carboxylic acids is 1. The van der Waals surface area contributed by atoms with Gasteiger partial charge in [0.1, 0.15) is 16.5 Å². The number of rotatable bonds is 4. The summed E-state index contributed by atoms with van der Waals surface area (Å²) >= 11 is 0. The maximum absolute atomic E-state index is 13.3. The summed E-state index contributed by atoms with van der Waals surface area (Å²) in [6, 6.07) is 1.11. The fraction of sp³-hybridized carbons (Fsp3) is 0.300. The lowest BCUT2D eigenvalue weighted by Crippen LogP contribution is -2.21. The zero-order chi connectivity index (χ0) is 13.2. The second-order valence-electron chi connectivity index (χ2n) is 3.25. The van der Waals surface area contributed by atoms with Crippen LogP contribution in [0.1, 0.15) is 23.7 Å². The van der Waals surface area contributed by atoms with Crippen LogP contribution in [0.2, 0.25) is 0 Å². The fourth-order valence-electron chi connectivity index (χ4n) is 1.25. The minimum atomic E-state index is -4.05. The molecule has 17 heavy (non-hydrogen) atoms. The average Bonchev–Trinajstić information content (AvgIpc) is 2.27. The topological polar surface area (TPSA) is 63.2 Å². The van der Waals surface area contributed by atoms with Crippen LogP contribution in [0.4, 0.5) is 8.78 Å². The molecule has 7 heteroatoms. The maximum atomic E-state index is 13.3. The predicted molar refractivity (Wildman–Crippen MR) is 57.2 cm³/mol. The number of nitrogens with one attached hydrogen (secondary N) is 1. The lowest BCUT2D eigenvalue weighted by molar-refractivity contribution is 0.0984. The molecule has 0 radical (unpaired) electrons. The fourth-order valence-corrected chi connectivity index (χ4v) is 2.06. The molecule has 1 aromatic carbocycles. The summed E-state index contributed by atoms with van der Waals surface area (Å²) in [6.07, 6.45) is 0.00158. The van der Waals surface area contributed by atoms with Crippen LogP contribution in [-0.4, -0.2) is 21.2 Å². The summed E-state index contributed by atoms with van der Waals surface area (Å²) in [5.74, 6) is -2.89. The van der Waals surface area contributed by atoms with Gasteiger partial charge >= 0.3 is 0 Å². The number of Topliss-reactive ketones (excluding diaryl/α,β-unsaturated/α-hetero) is 1. The van der Waals surface area contributed by atoms with E-state index >= 15 is 0 Å². The van der Waals surface area contributed by atoms with E-state index in [0.29, 0.717) is 12.1 Å². The Bertz CT molecular complexity index is 555. The van der Waals surface area contributed by atoms with Crippen molar-refractivity contribution in [1.29, 1.82) is 0 Å². The van der Waals surface area contributed by atoms with E-state index in [4.69, 9.17) is 0 Å². The van der Waals surface area contributed by atoms with Gasteiger partial charge in [-0.25, -0.2) is 21.9 Å². The van der Waals surface area contributed by atoms with Crippen LogP contribution >= 0.6 is 0 Å². The second-order valence-corrected chi connectivity index (χ2v) is 5.10. The molecule has 0 atom stereocenters. The molecular formula is C10H11F2NO3S. The van der Waals surface area contributed by atoms with E-state index < -0.39 is 37.9 Å². The molecule has 0 fully saturated rings.